The molecule has 0 atom stereocenters. The van der Waals surface area contributed by atoms with E-state index in [2.05, 4.69) is 6.07 Å². The Morgan fingerprint density at radius 1 is 0.902 bits per heavy atom. The van der Waals surface area contributed by atoms with Crippen molar-refractivity contribution < 1.29 is 9.53 Å². The van der Waals surface area contributed by atoms with E-state index in [1.807, 2.05) is 110 Å². The Labute approximate surface area is 247 Å². The highest BCUT2D eigenvalue weighted by Crippen LogP contribution is 2.48. The zero-order chi connectivity index (χ0) is 28.3. The number of aryl methyl sites for hydroxylation is 1. The summed E-state index contributed by atoms with van der Waals surface area (Å²) in [6, 6.07) is 35.9. The molecule has 0 saturated carbocycles. The molecule has 2 heterocycles. The minimum absolute atomic E-state index is 0.0829. The largest absolute Gasteiger partial charge is 0.496 e. The number of amides is 1. The van der Waals surface area contributed by atoms with Crippen LogP contribution in [0.4, 0.5) is 11.4 Å². The number of ether oxygens (including phenoxy) is 1. The lowest BCUT2D eigenvalue weighted by atomic mass is 9.98. The number of rotatable bonds is 6. The van der Waals surface area contributed by atoms with Crippen LogP contribution in [-0.4, -0.2) is 23.8 Å². The van der Waals surface area contributed by atoms with E-state index >= 15 is 0 Å². The average Bonchev–Trinajstić information content (AvgIpc) is 3.02. The highest BCUT2D eigenvalue weighted by Gasteiger charge is 2.28. The fraction of sp³-hybridized carbons (Fsp3) is 0.0882. The molecule has 1 aromatic heterocycles. The molecule has 41 heavy (non-hydrogen) atoms. The van der Waals surface area contributed by atoms with E-state index in [0.29, 0.717) is 16.3 Å². The van der Waals surface area contributed by atoms with E-state index in [1.165, 1.54) is 11.8 Å². The summed E-state index contributed by atoms with van der Waals surface area (Å²) >= 11 is 2.94. The van der Waals surface area contributed by atoms with E-state index < -0.39 is 0 Å². The monoisotopic (exact) mass is 571 g/mol. The predicted molar refractivity (Wildman–Crippen MR) is 166 cm³/mol. The van der Waals surface area contributed by atoms with E-state index in [0.717, 1.165) is 49.1 Å². The standard InChI is InChI=1S/C34H25N3O2S2/c1-22-15-17-23(18-16-22)27-19-25(24-9-3-6-12-30(24)39-2)26(20-35)34(36-27)40-21-33(38)37-28-10-4-7-13-31(28)41-32-14-8-5-11-29(32)37/h3-19H,21H2,1-2H3. The maximum Gasteiger partial charge on any atom is 0.242 e. The second-order valence-corrected chi connectivity index (χ2v) is 11.5. The highest BCUT2D eigenvalue weighted by atomic mass is 32.2. The first kappa shape index (κ1) is 26.7. The Morgan fingerprint density at radius 3 is 2.20 bits per heavy atom. The SMILES string of the molecule is COc1ccccc1-c1cc(-c2ccc(C)cc2)nc(SCC(=O)N2c3ccccc3Sc3ccccc32)c1C#N. The Hall–Kier alpha value is -4.51. The number of hydrogen-bond acceptors (Lipinski definition) is 6. The molecule has 200 valence electrons. The first-order valence-electron chi connectivity index (χ1n) is 13.0. The number of nitriles is 1. The predicted octanol–water partition coefficient (Wildman–Crippen LogP) is 8.53. The van der Waals surface area contributed by atoms with Crippen LogP contribution in [0.25, 0.3) is 22.4 Å². The topological polar surface area (TPSA) is 66.2 Å². The normalized spacial score (nSPS) is 11.8. The van der Waals surface area contributed by atoms with Gasteiger partial charge in [-0.15, -0.1) is 0 Å². The molecule has 6 rings (SSSR count). The molecule has 0 aliphatic carbocycles. The van der Waals surface area contributed by atoms with Crippen molar-refractivity contribution in [2.24, 2.45) is 0 Å². The molecule has 1 aliphatic rings. The van der Waals surface area contributed by atoms with Gasteiger partial charge in [0.15, 0.2) is 0 Å². The molecular weight excluding hydrogens is 547 g/mol. The average molecular weight is 572 g/mol. The van der Waals surface area contributed by atoms with Crippen LogP contribution in [0.2, 0.25) is 0 Å². The Kier molecular flexibility index (Phi) is 7.51. The van der Waals surface area contributed by atoms with Crippen LogP contribution in [0, 0.1) is 18.3 Å². The molecule has 0 radical (unpaired) electrons. The number of hydrogen-bond donors (Lipinski definition) is 0. The van der Waals surface area contributed by atoms with Crippen molar-refractivity contribution in [1.82, 2.24) is 4.98 Å². The van der Waals surface area contributed by atoms with Gasteiger partial charge >= 0.3 is 0 Å². The second kappa shape index (κ2) is 11.5. The first-order chi connectivity index (χ1) is 20.1. The van der Waals surface area contributed by atoms with Gasteiger partial charge < -0.3 is 4.74 Å². The maximum atomic E-state index is 13.9. The summed E-state index contributed by atoms with van der Waals surface area (Å²) in [5.74, 6) is 0.689. The van der Waals surface area contributed by atoms with Gasteiger partial charge in [-0.2, -0.15) is 5.26 Å². The van der Waals surface area contributed by atoms with Crippen LogP contribution in [0.15, 0.2) is 118 Å². The van der Waals surface area contributed by atoms with Gasteiger partial charge in [0.25, 0.3) is 0 Å². The van der Waals surface area contributed by atoms with Gasteiger partial charge in [0, 0.05) is 26.5 Å². The van der Waals surface area contributed by atoms with Gasteiger partial charge in [0.1, 0.15) is 16.8 Å². The molecular formula is C34H25N3O2S2. The molecule has 0 N–H and O–H groups in total. The number of pyridine rings is 1. The number of carbonyl (C=O) groups excluding carboxylic acids is 1. The number of fused-ring (bicyclic) bond motifs is 2. The lowest BCUT2D eigenvalue weighted by molar-refractivity contribution is -0.115. The minimum atomic E-state index is -0.0829. The summed E-state index contributed by atoms with van der Waals surface area (Å²) in [5, 5.41) is 10.9. The van der Waals surface area contributed by atoms with E-state index in [4.69, 9.17) is 9.72 Å². The first-order valence-corrected chi connectivity index (χ1v) is 14.8. The fourth-order valence-corrected chi connectivity index (χ4v) is 6.76. The molecule has 5 nitrogen and oxygen atoms in total. The number of para-hydroxylation sites is 3. The van der Waals surface area contributed by atoms with Gasteiger partial charge in [0.2, 0.25) is 5.91 Å². The lowest BCUT2D eigenvalue weighted by Crippen LogP contribution is -2.30. The summed E-state index contributed by atoms with van der Waals surface area (Å²) < 4.78 is 5.65. The Balaban J connectivity index is 1.42. The fourth-order valence-electron chi connectivity index (χ4n) is 4.85. The third kappa shape index (κ3) is 5.20. The van der Waals surface area contributed by atoms with Crippen molar-refractivity contribution in [3.63, 3.8) is 0 Å². The number of nitrogens with zero attached hydrogens (tertiary/aromatic N) is 3. The smallest absolute Gasteiger partial charge is 0.242 e. The molecule has 1 aliphatic heterocycles. The van der Waals surface area contributed by atoms with Gasteiger partial charge in [-0.05, 0) is 43.3 Å². The summed E-state index contributed by atoms with van der Waals surface area (Å²) in [6.45, 7) is 2.04. The zero-order valence-electron chi connectivity index (χ0n) is 22.5. The number of benzene rings is 4. The molecule has 0 unspecified atom stereocenters. The van der Waals surface area contributed by atoms with Crippen LogP contribution < -0.4 is 9.64 Å². The van der Waals surface area contributed by atoms with E-state index in [-0.39, 0.29) is 11.7 Å². The third-order valence-electron chi connectivity index (χ3n) is 6.86. The zero-order valence-corrected chi connectivity index (χ0v) is 24.1. The minimum Gasteiger partial charge on any atom is -0.496 e. The number of aromatic nitrogens is 1. The van der Waals surface area contributed by atoms with Crippen LogP contribution in [0.1, 0.15) is 11.1 Å². The summed E-state index contributed by atoms with van der Waals surface area (Å²) in [5.41, 5.74) is 6.45. The quantitative estimate of drug-likeness (QED) is 0.190. The van der Waals surface area contributed by atoms with Crippen molar-refractivity contribution in [3.8, 4) is 34.2 Å². The second-order valence-electron chi connectivity index (χ2n) is 9.47. The number of methoxy groups -OCH3 is 1. The Morgan fingerprint density at radius 2 is 1.54 bits per heavy atom. The number of carbonyl (C=O) groups is 1. The molecule has 0 spiro atoms. The van der Waals surface area contributed by atoms with Gasteiger partial charge in [-0.3, -0.25) is 9.69 Å². The maximum absolute atomic E-state index is 13.9. The summed E-state index contributed by atoms with van der Waals surface area (Å²) in [7, 11) is 1.62. The van der Waals surface area contributed by atoms with E-state index in [1.54, 1.807) is 23.8 Å². The van der Waals surface area contributed by atoms with Crippen LogP contribution in [-0.2, 0) is 4.79 Å². The molecule has 0 fully saturated rings. The van der Waals surface area contributed by atoms with Crippen molar-refractivity contribution in [3.05, 3.63) is 114 Å². The molecule has 0 saturated heterocycles. The van der Waals surface area contributed by atoms with Crippen molar-refractivity contribution in [1.29, 1.82) is 5.26 Å². The van der Waals surface area contributed by atoms with E-state index in [9.17, 15) is 10.1 Å². The number of anilines is 2. The molecule has 1 amide bonds. The summed E-state index contributed by atoms with van der Waals surface area (Å²) in [6.07, 6.45) is 0. The van der Waals surface area contributed by atoms with Crippen molar-refractivity contribution in [2.75, 3.05) is 17.8 Å². The lowest BCUT2D eigenvalue weighted by Gasteiger charge is -2.31. The van der Waals surface area contributed by atoms with Gasteiger partial charge in [-0.1, -0.05) is 95.8 Å². The molecule has 4 aromatic carbocycles. The third-order valence-corrected chi connectivity index (χ3v) is 8.95. The van der Waals surface area contributed by atoms with Crippen LogP contribution in [0.3, 0.4) is 0 Å². The molecule has 5 aromatic rings. The molecule has 7 heteroatoms. The number of thioether (sulfide) groups is 1. The van der Waals surface area contributed by atoms with Crippen molar-refractivity contribution >= 4 is 40.8 Å². The van der Waals surface area contributed by atoms with Crippen LogP contribution in [0.5, 0.6) is 5.75 Å². The summed E-state index contributed by atoms with van der Waals surface area (Å²) in [4.78, 5) is 22.7. The van der Waals surface area contributed by atoms with Crippen LogP contribution >= 0.6 is 23.5 Å². The highest BCUT2D eigenvalue weighted by molar-refractivity contribution is 8.00. The van der Waals surface area contributed by atoms with Crippen molar-refractivity contribution in [2.45, 2.75) is 21.7 Å². The molecule has 0 bridgehead atoms. The Bertz CT molecular complexity index is 1770. The van der Waals surface area contributed by atoms with Gasteiger partial charge in [-0.25, -0.2) is 4.98 Å². The van der Waals surface area contributed by atoms with Gasteiger partial charge in [0.05, 0.1) is 35.5 Å².